The Hall–Kier alpha value is -2.32. The first-order chi connectivity index (χ1) is 15.4. The molecule has 8 heteroatoms. The standard InChI is InChI=1S/C24H37N7O/c1-16-13-26-23(29-19-7-5-18(6-8-19)28-17(2)14-32-4)31-21(16)20-9-12-25-22(30-20)27-15-24(3)10-11-24/h9,12-13,17-19,28H,5-8,10-11,14-15H2,1-4H3,(H,25,27,30)(H,26,29,31). The maximum atomic E-state index is 5.24. The molecule has 4 rings (SSSR count). The van der Waals surface area contributed by atoms with E-state index in [0.717, 1.165) is 55.8 Å². The van der Waals surface area contributed by atoms with Gasteiger partial charge in [0, 0.05) is 44.2 Å². The van der Waals surface area contributed by atoms with E-state index in [4.69, 9.17) is 14.7 Å². The molecular formula is C24H37N7O. The van der Waals surface area contributed by atoms with Crippen molar-refractivity contribution in [2.45, 2.75) is 77.4 Å². The molecule has 0 radical (unpaired) electrons. The number of anilines is 2. The van der Waals surface area contributed by atoms with E-state index in [0.29, 0.717) is 35.4 Å². The van der Waals surface area contributed by atoms with E-state index in [9.17, 15) is 0 Å². The van der Waals surface area contributed by atoms with Gasteiger partial charge in [-0.1, -0.05) is 6.92 Å². The summed E-state index contributed by atoms with van der Waals surface area (Å²) in [7, 11) is 1.75. The highest BCUT2D eigenvalue weighted by Crippen LogP contribution is 2.44. The zero-order valence-electron chi connectivity index (χ0n) is 19.8. The fourth-order valence-electron chi connectivity index (χ4n) is 4.32. The molecule has 8 nitrogen and oxygen atoms in total. The van der Waals surface area contributed by atoms with Crippen molar-refractivity contribution in [2.75, 3.05) is 30.9 Å². The van der Waals surface area contributed by atoms with Crippen LogP contribution in [-0.4, -0.2) is 58.3 Å². The molecule has 1 unspecified atom stereocenters. The molecule has 1 atom stereocenters. The van der Waals surface area contributed by atoms with Crippen molar-refractivity contribution in [1.82, 2.24) is 25.3 Å². The molecule has 2 aromatic rings. The highest BCUT2D eigenvalue weighted by molar-refractivity contribution is 5.60. The number of nitrogens with one attached hydrogen (secondary N) is 3. The second-order valence-corrected chi connectivity index (χ2v) is 9.87. The van der Waals surface area contributed by atoms with Crippen LogP contribution in [0.2, 0.25) is 0 Å². The summed E-state index contributed by atoms with van der Waals surface area (Å²) < 4.78 is 5.24. The highest BCUT2D eigenvalue weighted by atomic mass is 16.5. The third-order valence-electron chi connectivity index (χ3n) is 6.64. The maximum absolute atomic E-state index is 5.24. The zero-order valence-corrected chi connectivity index (χ0v) is 19.8. The second-order valence-electron chi connectivity index (χ2n) is 9.87. The zero-order chi connectivity index (χ0) is 22.6. The van der Waals surface area contributed by atoms with Crippen molar-refractivity contribution in [3.05, 3.63) is 24.0 Å². The topological polar surface area (TPSA) is 96.9 Å². The predicted octanol–water partition coefficient (Wildman–Crippen LogP) is 3.80. The first kappa shape index (κ1) is 22.9. The molecule has 0 saturated heterocycles. The average molecular weight is 440 g/mol. The van der Waals surface area contributed by atoms with Crippen LogP contribution in [0.25, 0.3) is 11.4 Å². The minimum Gasteiger partial charge on any atom is -0.383 e. The van der Waals surface area contributed by atoms with E-state index < -0.39 is 0 Å². The average Bonchev–Trinajstić information content (AvgIpc) is 3.53. The van der Waals surface area contributed by atoms with E-state index in [-0.39, 0.29) is 0 Å². The lowest BCUT2D eigenvalue weighted by atomic mass is 9.91. The van der Waals surface area contributed by atoms with Crippen molar-refractivity contribution in [2.24, 2.45) is 5.41 Å². The van der Waals surface area contributed by atoms with E-state index in [1.54, 1.807) is 13.3 Å². The summed E-state index contributed by atoms with van der Waals surface area (Å²) in [6, 6.07) is 3.25. The molecule has 2 aromatic heterocycles. The Balaban J connectivity index is 1.36. The molecule has 0 spiro atoms. The second kappa shape index (κ2) is 10.1. The van der Waals surface area contributed by atoms with Crippen LogP contribution in [0, 0.1) is 12.3 Å². The SMILES string of the molecule is COCC(C)NC1CCC(Nc2ncc(C)c(-c3ccnc(NCC4(C)CC4)n3)n2)CC1. The van der Waals surface area contributed by atoms with Gasteiger partial charge in [-0.3, -0.25) is 0 Å². The minimum absolute atomic E-state index is 0.386. The fourth-order valence-corrected chi connectivity index (χ4v) is 4.32. The van der Waals surface area contributed by atoms with E-state index in [1.165, 1.54) is 12.8 Å². The number of methoxy groups -OCH3 is 1. The van der Waals surface area contributed by atoms with Crippen molar-refractivity contribution in [3.63, 3.8) is 0 Å². The van der Waals surface area contributed by atoms with Crippen LogP contribution in [0.3, 0.4) is 0 Å². The molecule has 3 N–H and O–H groups in total. The summed E-state index contributed by atoms with van der Waals surface area (Å²) in [6.45, 7) is 8.15. The molecule has 2 fully saturated rings. The van der Waals surface area contributed by atoms with Gasteiger partial charge in [0.2, 0.25) is 11.9 Å². The van der Waals surface area contributed by atoms with E-state index >= 15 is 0 Å². The van der Waals surface area contributed by atoms with Gasteiger partial charge >= 0.3 is 0 Å². The van der Waals surface area contributed by atoms with Crippen molar-refractivity contribution in [3.8, 4) is 11.4 Å². The molecule has 0 aliphatic heterocycles. The van der Waals surface area contributed by atoms with Gasteiger partial charge in [0.05, 0.1) is 18.0 Å². The molecule has 174 valence electrons. The Morgan fingerprint density at radius 1 is 1.09 bits per heavy atom. The molecule has 0 aromatic carbocycles. The summed E-state index contributed by atoms with van der Waals surface area (Å²) in [5, 5.41) is 10.6. The van der Waals surface area contributed by atoms with Crippen LogP contribution in [0.1, 0.15) is 57.9 Å². The minimum atomic E-state index is 0.386. The van der Waals surface area contributed by atoms with E-state index in [2.05, 4.69) is 39.8 Å². The third-order valence-corrected chi connectivity index (χ3v) is 6.64. The first-order valence-electron chi connectivity index (χ1n) is 11.9. The molecule has 32 heavy (non-hydrogen) atoms. The van der Waals surface area contributed by atoms with Crippen molar-refractivity contribution < 1.29 is 4.74 Å². The number of aryl methyl sites for hydroxylation is 1. The monoisotopic (exact) mass is 439 g/mol. The molecule has 0 amide bonds. The Kier molecular flexibility index (Phi) is 7.20. The number of ether oxygens (including phenoxy) is 1. The Morgan fingerprint density at radius 2 is 1.84 bits per heavy atom. The van der Waals surface area contributed by atoms with Gasteiger partial charge in [-0.25, -0.2) is 19.9 Å². The Labute approximate surface area is 191 Å². The van der Waals surface area contributed by atoms with Crippen LogP contribution in [-0.2, 0) is 4.74 Å². The number of hydrogen-bond acceptors (Lipinski definition) is 8. The van der Waals surface area contributed by atoms with Gasteiger partial charge in [0.1, 0.15) is 0 Å². The Morgan fingerprint density at radius 3 is 2.56 bits per heavy atom. The van der Waals surface area contributed by atoms with Gasteiger partial charge in [-0.15, -0.1) is 0 Å². The predicted molar refractivity (Wildman–Crippen MR) is 128 cm³/mol. The molecule has 0 bridgehead atoms. The molecular weight excluding hydrogens is 402 g/mol. The largest absolute Gasteiger partial charge is 0.383 e. The number of aromatic nitrogens is 4. The van der Waals surface area contributed by atoms with Crippen LogP contribution < -0.4 is 16.0 Å². The van der Waals surface area contributed by atoms with Gasteiger partial charge in [-0.05, 0) is 69.4 Å². The first-order valence-corrected chi connectivity index (χ1v) is 11.9. The number of rotatable bonds is 10. The molecule has 2 aliphatic carbocycles. The van der Waals surface area contributed by atoms with Gasteiger partial charge in [-0.2, -0.15) is 0 Å². The normalized spacial score (nSPS) is 22.9. The number of hydrogen-bond donors (Lipinski definition) is 3. The maximum Gasteiger partial charge on any atom is 0.223 e. The summed E-state index contributed by atoms with van der Waals surface area (Å²) in [6.07, 6.45) is 10.7. The smallest absolute Gasteiger partial charge is 0.223 e. The van der Waals surface area contributed by atoms with Crippen LogP contribution in [0.5, 0.6) is 0 Å². The molecule has 2 heterocycles. The lowest BCUT2D eigenvalue weighted by molar-refractivity contribution is 0.161. The van der Waals surface area contributed by atoms with Crippen LogP contribution in [0.4, 0.5) is 11.9 Å². The lowest BCUT2D eigenvalue weighted by Gasteiger charge is -2.31. The lowest BCUT2D eigenvalue weighted by Crippen LogP contribution is -2.43. The van der Waals surface area contributed by atoms with Gasteiger partial charge in [0.15, 0.2) is 0 Å². The van der Waals surface area contributed by atoms with Crippen LogP contribution in [0.15, 0.2) is 18.5 Å². The summed E-state index contributed by atoms with van der Waals surface area (Å²) >= 11 is 0. The van der Waals surface area contributed by atoms with Gasteiger partial charge < -0.3 is 20.7 Å². The summed E-state index contributed by atoms with van der Waals surface area (Å²) in [5.74, 6) is 1.34. The number of nitrogens with zero attached hydrogens (tertiary/aromatic N) is 4. The summed E-state index contributed by atoms with van der Waals surface area (Å²) in [5.41, 5.74) is 3.09. The highest BCUT2D eigenvalue weighted by Gasteiger charge is 2.37. The van der Waals surface area contributed by atoms with Gasteiger partial charge in [0.25, 0.3) is 0 Å². The summed E-state index contributed by atoms with van der Waals surface area (Å²) in [4.78, 5) is 18.5. The van der Waals surface area contributed by atoms with Crippen LogP contribution >= 0.6 is 0 Å². The quantitative estimate of drug-likeness (QED) is 0.514. The molecule has 2 saturated carbocycles. The van der Waals surface area contributed by atoms with Crippen molar-refractivity contribution >= 4 is 11.9 Å². The Bertz CT molecular complexity index is 894. The molecule has 2 aliphatic rings. The fraction of sp³-hybridized carbons (Fsp3) is 0.667. The third kappa shape index (κ3) is 6.13. The van der Waals surface area contributed by atoms with E-state index in [1.807, 2.05) is 19.2 Å². The van der Waals surface area contributed by atoms with Crippen molar-refractivity contribution in [1.29, 1.82) is 0 Å².